The third kappa shape index (κ3) is 4.99. The Morgan fingerprint density at radius 3 is 2.57 bits per heavy atom. The first-order valence-electron chi connectivity index (χ1n) is 11.9. The van der Waals surface area contributed by atoms with Gasteiger partial charge in [-0.05, 0) is 72.2 Å². The minimum absolute atomic E-state index is 0.0486. The van der Waals surface area contributed by atoms with Gasteiger partial charge in [0, 0.05) is 54.5 Å². The Bertz CT molecular complexity index is 1380. The van der Waals surface area contributed by atoms with E-state index in [0.29, 0.717) is 25.1 Å². The number of aryl methyl sites for hydroxylation is 1. The van der Waals surface area contributed by atoms with E-state index in [2.05, 4.69) is 45.6 Å². The number of aromatic nitrogens is 2. The number of nitrogens with zero attached hydrogens (tertiary/aromatic N) is 4. The normalized spacial score (nSPS) is 14.0. The fraction of sp³-hybridized carbons (Fsp3) is 0.241. The highest BCUT2D eigenvalue weighted by atomic mass is 16.2. The van der Waals surface area contributed by atoms with Crippen molar-refractivity contribution in [3.8, 4) is 17.2 Å². The monoisotopic (exact) mass is 461 g/mol. The average Bonchev–Trinajstić information content (AvgIpc) is 2.90. The lowest BCUT2D eigenvalue weighted by atomic mass is 9.98. The highest BCUT2D eigenvalue weighted by molar-refractivity contribution is 5.97. The summed E-state index contributed by atoms with van der Waals surface area (Å²) in [6.07, 6.45) is 7.55. The van der Waals surface area contributed by atoms with Crippen LogP contribution in [0.2, 0.25) is 0 Å². The van der Waals surface area contributed by atoms with Gasteiger partial charge in [-0.15, -0.1) is 0 Å². The molecule has 6 nitrogen and oxygen atoms in total. The van der Waals surface area contributed by atoms with Gasteiger partial charge >= 0.3 is 0 Å². The van der Waals surface area contributed by atoms with Crippen molar-refractivity contribution in [1.82, 2.24) is 14.9 Å². The molecule has 1 fully saturated rings. The molecule has 0 unspecified atom stereocenters. The summed E-state index contributed by atoms with van der Waals surface area (Å²) < 4.78 is 0. The van der Waals surface area contributed by atoms with E-state index in [0.717, 1.165) is 51.7 Å². The van der Waals surface area contributed by atoms with E-state index < -0.39 is 0 Å². The molecule has 2 aromatic heterocycles. The molecule has 0 radical (unpaired) electrons. The zero-order chi connectivity index (χ0) is 24.2. The number of anilines is 1. The summed E-state index contributed by atoms with van der Waals surface area (Å²) in [7, 11) is 0. The Labute approximate surface area is 205 Å². The van der Waals surface area contributed by atoms with E-state index in [1.54, 1.807) is 6.20 Å². The van der Waals surface area contributed by atoms with Crippen molar-refractivity contribution in [2.24, 2.45) is 0 Å². The second-order valence-corrected chi connectivity index (χ2v) is 9.05. The Balaban J connectivity index is 1.33. The molecule has 0 atom stereocenters. The molecular formula is C29H27N5O. The van der Waals surface area contributed by atoms with Crippen LogP contribution in [0.4, 0.5) is 5.69 Å². The number of hydrogen-bond acceptors (Lipinski definition) is 5. The predicted octanol–water partition coefficient (Wildman–Crippen LogP) is 5.39. The van der Waals surface area contributed by atoms with Gasteiger partial charge in [-0.25, -0.2) is 0 Å². The predicted molar refractivity (Wildman–Crippen MR) is 138 cm³/mol. The second-order valence-electron chi connectivity index (χ2n) is 9.05. The quantitative estimate of drug-likeness (QED) is 0.431. The van der Waals surface area contributed by atoms with Crippen molar-refractivity contribution in [2.75, 3.05) is 18.4 Å². The van der Waals surface area contributed by atoms with Crippen LogP contribution in [0.1, 0.15) is 34.5 Å². The third-order valence-electron chi connectivity index (χ3n) is 6.63. The minimum atomic E-state index is 0.0486. The summed E-state index contributed by atoms with van der Waals surface area (Å²) in [5.74, 6) is 0.0486. The Hall–Kier alpha value is -4.24. The maximum absolute atomic E-state index is 12.9. The van der Waals surface area contributed by atoms with Gasteiger partial charge in [-0.1, -0.05) is 24.3 Å². The van der Waals surface area contributed by atoms with Gasteiger partial charge in [0.2, 0.25) is 0 Å². The Morgan fingerprint density at radius 2 is 1.86 bits per heavy atom. The van der Waals surface area contributed by atoms with Crippen LogP contribution in [0.3, 0.4) is 0 Å². The zero-order valence-corrected chi connectivity index (χ0v) is 19.7. The molecule has 0 spiro atoms. The summed E-state index contributed by atoms with van der Waals surface area (Å²) in [6, 6.07) is 20.8. The number of amides is 1. The summed E-state index contributed by atoms with van der Waals surface area (Å²) in [5, 5.41) is 14.9. The first-order chi connectivity index (χ1) is 17.1. The molecule has 1 amide bonds. The summed E-state index contributed by atoms with van der Waals surface area (Å²) in [6.45, 7) is 3.34. The number of carbonyl (C=O) groups excluding carboxylic acids is 1. The van der Waals surface area contributed by atoms with Crippen LogP contribution in [0.5, 0.6) is 0 Å². The van der Waals surface area contributed by atoms with Crippen molar-refractivity contribution < 1.29 is 4.79 Å². The van der Waals surface area contributed by atoms with Gasteiger partial charge in [-0.3, -0.25) is 14.8 Å². The number of hydrogen-bond donors (Lipinski definition) is 1. The number of fused-ring (bicyclic) bond motifs is 1. The molecule has 35 heavy (non-hydrogen) atoms. The van der Waals surface area contributed by atoms with E-state index in [-0.39, 0.29) is 11.9 Å². The fourth-order valence-electron chi connectivity index (χ4n) is 4.61. The number of carbonyl (C=O) groups is 1. The molecule has 0 saturated carbocycles. The summed E-state index contributed by atoms with van der Waals surface area (Å²) in [4.78, 5) is 23.4. The molecule has 1 aliphatic rings. The Morgan fingerprint density at radius 1 is 1.06 bits per heavy atom. The van der Waals surface area contributed by atoms with Gasteiger partial charge < -0.3 is 10.2 Å². The van der Waals surface area contributed by atoms with Crippen LogP contribution in [-0.2, 0) is 6.42 Å². The maximum atomic E-state index is 12.9. The first-order valence-corrected chi connectivity index (χ1v) is 11.9. The number of rotatable bonds is 5. The molecule has 0 aliphatic carbocycles. The third-order valence-corrected chi connectivity index (χ3v) is 6.63. The Kier molecular flexibility index (Phi) is 6.40. The standard InChI is InChI=1S/C29H27N5O/c1-20-2-5-24(18-32-20)29(35)34-14-10-26(11-15-34)33-28-17-25(16-23-9-13-31-19-27(23)28)22-6-3-21(4-7-22)8-12-30/h2-7,9,13,16-19,26,33H,8,10-11,14-15H2,1H3. The van der Waals surface area contributed by atoms with Crippen LogP contribution in [0, 0.1) is 18.3 Å². The highest BCUT2D eigenvalue weighted by Crippen LogP contribution is 2.32. The highest BCUT2D eigenvalue weighted by Gasteiger charge is 2.24. The van der Waals surface area contributed by atoms with E-state index in [1.165, 1.54) is 0 Å². The average molecular weight is 462 g/mol. The number of pyridine rings is 2. The number of benzene rings is 2. The smallest absolute Gasteiger partial charge is 0.255 e. The van der Waals surface area contributed by atoms with Gasteiger partial charge in [0.25, 0.3) is 5.91 Å². The van der Waals surface area contributed by atoms with Crippen LogP contribution in [-0.4, -0.2) is 39.9 Å². The zero-order valence-electron chi connectivity index (χ0n) is 19.7. The number of likely N-dealkylation sites (tertiary alicyclic amines) is 1. The number of nitriles is 1. The van der Waals surface area contributed by atoms with Crippen molar-refractivity contribution in [2.45, 2.75) is 32.2 Å². The first kappa shape index (κ1) is 22.5. The molecule has 1 aliphatic heterocycles. The van der Waals surface area contributed by atoms with Crippen molar-refractivity contribution >= 4 is 22.4 Å². The molecule has 4 aromatic rings. The summed E-state index contributed by atoms with van der Waals surface area (Å²) in [5.41, 5.74) is 5.86. The molecule has 1 saturated heterocycles. The molecule has 174 valence electrons. The van der Waals surface area contributed by atoms with Gasteiger partial charge in [0.15, 0.2) is 0 Å². The number of nitrogens with one attached hydrogen (secondary N) is 1. The maximum Gasteiger partial charge on any atom is 0.255 e. The largest absolute Gasteiger partial charge is 0.382 e. The van der Waals surface area contributed by atoms with E-state index in [4.69, 9.17) is 5.26 Å². The lowest BCUT2D eigenvalue weighted by Crippen LogP contribution is -2.42. The molecule has 0 bridgehead atoms. The minimum Gasteiger partial charge on any atom is -0.382 e. The van der Waals surface area contributed by atoms with Gasteiger partial charge in [0.1, 0.15) is 0 Å². The van der Waals surface area contributed by atoms with Crippen LogP contribution in [0.25, 0.3) is 21.9 Å². The molecule has 3 heterocycles. The van der Waals surface area contributed by atoms with Crippen molar-refractivity contribution in [1.29, 1.82) is 5.26 Å². The molecular weight excluding hydrogens is 434 g/mol. The number of piperidine rings is 1. The molecule has 1 N–H and O–H groups in total. The van der Waals surface area contributed by atoms with Gasteiger partial charge in [0.05, 0.1) is 18.1 Å². The van der Waals surface area contributed by atoms with E-state index in [9.17, 15) is 4.79 Å². The molecule has 5 rings (SSSR count). The topological polar surface area (TPSA) is 81.9 Å². The van der Waals surface area contributed by atoms with E-state index in [1.807, 2.05) is 54.5 Å². The molecule has 6 heteroatoms. The van der Waals surface area contributed by atoms with Crippen LogP contribution in [0.15, 0.2) is 73.2 Å². The van der Waals surface area contributed by atoms with Crippen LogP contribution < -0.4 is 5.32 Å². The molecule has 2 aromatic carbocycles. The van der Waals surface area contributed by atoms with Crippen molar-refractivity contribution in [3.05, 3.63) is 90.0 Å². The lowest BCUT2D eigenvalue weighted by Gasteiger charge is -2.33. The lowest BCUT2D eigenvalue weighted by molar-refractivity contribution is 0.0718. The summed E-state index contributed by atoms with van der Waals surface area (Å²) >= 11 is 0. The van der Waals surface area contributed by atoms with Gasteiger partial charge in [-0.2, -0.15) is 5.26 Å². The van der Waals surface area contributed by atoms with E-state index >= 15 is 0 Å². The second kappa shape index (κ2) is 9.94. The fourth-order valence-corrected chi connectivity index (χ4v) is 4.61. The van der Waals surface area contributed by atoms with Crippen molar-refractivity contribution in [3.63, 3.8) is 0 Å². The van der Waals surface area contributed by atoms with Crippen LogP contribution >= 0.6 is 0 Å². The SMILES string of the molecule is Cc1ccc(C(=O)N2CCC(Nc3cc(-c4ccc(CC#N)cc4)cc4ccncc34)CC2)cn1.